The van der Waals surface area contributed by atoms with Crippen LogP contribution in [0.15, 0.2) is 0 Å². The van der Waals surface area contributed by atoms with Gasteiger partial charge in [-0.25, -0.2) is 0 Å². The molecule has 0 aromatic carbocycles. The summed E-state index contributed by atoms with van der Waals surface area (Å²) < 4.78 is 43.5. The number of hydrogen-bond acceptors (Lipinski definition) is 2. The minimum absolute atomic E-state index is 0.0334. The highest BCUT2D eigenvalue weighted by Gasteiger charge is 2.51. The smallest absolute Gasteiger partial charge is 0.372 e. The predicted octanol–water partition coefficient (Wildman–Crippen LogP) is 2.46. The van der Waals surface area contributed by atoms with Gasteiger partial charge < -0.3 is 9.64 Å². The maximum atomic E-state index is 12.8. The van der Waals surface area contributed by atoms with E-state index in [2.05, 4.69) is 0 Å². The largest absolute Gasteiger partial charge is 0.392 e. The van der Waals surface area contributed by atoms with Crippen molar-refractivity contribution >= 4 is 5.91 Å². The van der Waals surface area contributed by atoms with Gasteiger partial charge in [0, 0.05) is 19.7 Å². The van der Waals surface area contributed by atoms with Crippen molar-refractivity contribution in [3.05, 3.63) is 0 Å². The fourth-order valence-corrected chi connectivity index (χ4v) is 2.46. The zero-order valence-electron chi connectivity index (χ0n) is 11.0. The second-order valence-corrected chi connectivity index (χ2v) is 5.32. The Morgan fingerprint density at radius 2 is 2.06 bits per heavy atom. The number of alkyl halides is 3. The molecule has 0 saturated carbocycles. The predicted molar refractivity (Wildman–Crippen MR) is 61.0 cm³/mol. The van der Waals surface area contributed by atoms with Crippen LogP contribution < -0.4 is 0 Å². The molecule has 1 heterocycles. The summed E-state index contributed by atoms with van der Waals surface area (Å²) >= 11 is 0. The summed E-state index contributed by atoms with van der Waals surface area (Å²) in [6.07, 6.45) is -4.23. The van der Waals surface area contributed by atoms with Gasteiger partial charge in [0.1, 0.15) is 6.61 Å². The average Bonchev–Trinajstić information content (AvgIpc) is 2.22. The van der Waals surface area contributed by atoms with E-state index in [0.29, 0.717) is 6.61 Å². The van der Waals surface area contributed by atoms with Crippen LogP contribution in [0, 0.1) is 11.3 Å². The second kappa shape index (κ2) is 5.47. The van der Waals surface area contributed by atoms with Crippen molar-refractivity contribution in [3.63, 3.8) is 0 Å². The van der Waals surface area contributed by atoms with E-state index in [-0.39, 0.29) is 32.0 Å². The molecule has 0 aliphatic carbocycles. The van der Waals surface area contributed by atoms with Crippen LogP contribution in [0.3, 0.4) is 0 Å². The second-order valence-electron chi connectivity index (χ2n) is 5.32. The van der Waals surface area contributed by atoms with Gasteiger partial charge >= 0.3 is 6.18 Å². The molecule has 18 heavy (non-hydrogen) atoms. The Morgan fingerprint density at radius 3 is 2.50 bits per heavy atom. The Balaban J connectivity index is 2.65. The maximum absolute atomic E-state index is 12.8. The summed E-state index contributed by atoms with van der Waals surface area (Å²) in [4.78, 5) is 13.2. The molecule has 1 aliphatic rings. The molecule has 106 valence electrons. The Hall–Kier alpha value is -0.780. The summed E-state index contributed by atoms with van der Waals surface area (Å²) in [5.74, 6) is -1.58. The van der Waals surface area contributed by atoms with Crippen molar-refractivity contribution in [1.29, 1.82) is 0 Å². The van der Waals surface area contributed by atoms with E-state index in [1.165, 1.54) is 4.90 Å². The molecule has 1 rings (SSSR count). The molecule has 1 amide bonds. The van der Waals surface area contributed by atoms with Crippen molar-refractivity contribution in [2.45, 2.75) is 33.4 Å². The number of piperidine rings is 1. The van der Waals surface area contributed by atoms with Crippen LogP contribution in [0.2, 0.25) is 0 Å². The quantitative estimate of drug-likeness (QED) is 0.786. The highest BCUT2D eigenvalue weighted by Crippen LogP contribution is 2.44. The van der Waals surface area contributed by atoms with Crippen LogP contribution in [0.5, 0.6) is 0 Å². The average molecular weight is 267 g/mol. The monoisotopic (exact) mass is 267 g/mol. The molecule has 1 unspecified atom stereocenters. The van der Waals surface area contributed by atoms with Crippen molar-refractivity contribution in [3.8, 4) is 0 Å². The van der Waals surface area contributed by atoms with E-state index < -0.39 is 17.5 Å². The third kappa shape index (κ3) is 3.60. The first-order chi connectivity index (χ1) is 8.18. The van der Waals surface area contributed by atoms with E-state index in [1.807, 2.05) is 0 Å². The van der Waals surface area contributed by atoms with Gasteiger partial charge in [-0.1, -0.05) is 13.8 Å². The van der Waals surface area contributed by atoms with Crippen molar-refractivity contribution in [2.75, 3.05) is 26.3 Å². The molecule has 0 spiro atoms. The lowest BCUT2D eigenvalue weighted by atomic mass is 9.73. The van der Waals surface area contributed by atoms with Crippen molar-refractivity contribution in [2.24, 2.45) is 11.3 Å². The molecule has 1 atom stereocenters. The van der Waals surface area contributed by atoms with E-state index in [4.69, 9.17) is 4.74 Å². The summed E-state index contributed by atoms with van der Waals surface area (Å²) in [7, 11) is 0. The highest BCUT2D eigenvalue weighted by atomic mass is 19.4. The Labute approximate surface area is 105 Å². The molecule has 0 N–H and O–H groups in total. The van der Waals surface area contributed by atoms with Crippen LogP contribution in [0.1, 0.15) is 27.2 Å². The van der Waals surface area contributed by atoms with Crippen LogP contribution >= 0.6 is 0 Å². The van der Waals surface area contributed by atoms with Crippen LogP contribution in [-0.2, 0) is 9.53 Å². The first-order valence-electron chi connectivity index (χ1n) is 6.10. The Kier molecular flexibility index (Phi) is 4.64. The third-order valence-corrected chi connectivity index (χ3v) is 3.41. The number of ether oxygens (including phenoxy) is 1. The third-order valence-electron chi connectivity index (χ3n) is 3.41. The standard InChI is InChI=1S/C12H20F3NO2/c1-4-18-7-10(17)16-6-5-9(12(13,14)15)11(2,3)8-16/h9H,4-8H2,1-3H3. The Morgan fingerprint density at radius 1 is 1.44 bits per heavy atom. The normalized spacial score (nSPS) is 24.1. The summed E-state index contributed by atoms with van der Waals surface area (Å²) in [6.45, 7) is 5.55. The van der Waals surface area contributed by atoms with Gasteiger partial charge in [-0.2, -0.15) is 13.2 Å². The highest BCUT2D eigenvalue weighted by molar-refractivity contribution is 5.77. The number of amides is 1. The first-order valence-corrected chi connectivity index (χ1v) is 6.10. The van der Waals surface area contributed by atoms with Gasteiger partial charge in [0.15, 0.2) is 0 Å². The minimum Gasteiger partial charge on any atom is -0.372 e. The van der Waals surface area contributed by atoms with E-state index in [9.17, 15) is 18.0 Å². The van der Waals surface area contributed by atoms with Gasteiger partial charge in [-0.3, -0.25) is 4.79 Å². The maximum Gasteiger partial charge on any atom is 0.392 e. The van der Waals surface area contributed by atoms with Crippen molar-refractivity contribution < 1.29 is 22.7 Å². The lowest BCUT2D eigenvalue weighted by Gasteiger charge is -2.44. The first kappa shape index (κ1) is 15.3. The molecule has 0 radical (unpaired) electrons. The molecule has 0 bridgehead atoms. The number of hydrogen-bond donors (Lipinski definition) is 0. The number of halogens is 3. The molecule has 0 aromatic rings. The molecular weight excluding hydrogens is 247 g/mol. The SMILES string of the molecule is CCOCC(=O)N1CCC(C(F)(F)F)C(C)(C)C1. The van der Waals surface area contributed by atoms with Crippen LogP contribution in [0.4, 0.5) is 13.2 Å². The van der Waals surface area contributed by atoms with E-state index in [0.717, 1.165) is 0 Å². The van der Waals surface area contributed by atoms with Crippen molar-refractivity contribution in [1.82, 2.24) is 4.90 Å². The number of likely N-dealkylation sites (tertiary alicyclic amines) is 1. The lowest BCUT2D eigenvalue weighted by molar-refractivity contribution is -0.217. The molecule has 1 aliphatic heterocycles. The topological polar surface area (TPSA) is 29.5 Å². The number of carbonyl (C=O) groups is 1. The zero-order valence-corrected chi connectivity index (χ0v) is 11.0. The Bertz CT molecular complexity index is 302. The van der Waals surface area contributed by atoms with E-state index in [1.54, 1.807) is 20.8 Å². The van der Waals surface area contributed by atoms with Gasteiger partial charge in [-0.05, 0) is 18.8 Å². The minimum atomic E-state index is -4.20. The molecular formula is C12H20F3NO2. The number of nitrogens with zero attached hydrogens (tertiary/aromatic N) is 1. The van der Waals surface area contributed by atoms with Gasteiger partial charge in [0.25, 0.3) is 0 Å². The van der Waals surface area contributed by atoms with Crippen LogP contribution in [-0.4, -0.2) is 43.3 Å². The molecule has 1 fully saturated rings. The molecule has 0 aromatic heterocycles. The molecule has 1 saturated heterocycles. The van der Waals surface area contributed by atoms with Gasteiger partial charge in [0.05, 0.1) is 5.92 Å². The van der Waals surface area contributed by atoms with Gasteiger partial charge in [-0.15, -0.1) is 0 Å². The molecule has 3 nitrogen and oxygen atoms in total. The summed E-state index contributed by atoms with van der Waals surface area (Å²) in [5.41, 5.74) is -0.946. The fourth-order valence-electron chi connectivity index (χ4n) is 2.46. The fraction of sp³-hybridized carbons (Fsp3) is 0.917. The number of rotatable bonds is 3. The molecule has 6 heteroatoms. The van der Waals surface area contributed by atoms with Crippen LogP contribution in [0.25, 0.3) is 0 Å². The van der Waals surface area contributed by atoms with Gasteiger partial charge in [0.2, 0.25) is 5.91 Å². The lowest BCUT2D eigenvalue weighted by Crippen LogP contribution is -2.53. The zero-order chi connectivity index (χ0) is 14.0. The summed E-state index contributed by atoms with van der Waals surface area (Å²) in [5, 5.41) is 0. The summed E-state index contributed by atoms with van der Waals surface area (Å²) in [6, 6.07) is 0. The number of carbonyl (C=O) groups excluding carboxylic acids is 1. The van der Waals surface area contributed by atoms with E-state index >= 15 is 0 Å².